The smallest absolute Gasteiger partial charge is 0.411 e. The van der Waals surface area contributed by atoms with Crippen molar-refractivity contribution >= 4 is 24.4 Å². The monoisotopic (exact) mass is 339 g/mol. The van der Waals surface area contributed by atoms with Crippen LogP contribution in [-0.2, 0) is 23.9 Å². The number of hydrogen-bond donors (Lipinski definition) is 2. The Balaban J connectivity index is 2.30. The molecule has 0 atom stereocenters. The standard InChI is InChI=1S/C15H21N3O6/c1-10(13(20)16-11(2)14(21)23-3)17-15(22)24-8-12-4-6-18(9-19)7-5-12/h9,12H,1-2,4-8H2,3H3,(H,16,20)(H,17,22). The van der Waals surface area contributed by atoms with Gasteiger partial charge in [-0.1, -0.05) is 13.2 Å². The van der Waals surface area contributed by atoms with Crippen LogP contribution in [0.4, 0.5) is 4.79 Å². The number of carbonyl (C=O) groups is 4. The lowest BCUT2D eigenvalue weighted by Crippen LogP contribution is -2.37. The molecule has 0 aromatic carbocycles. The van der Waals surface area contributed by atoms with Gasteiger partial charge in [-0.05, 0) is 18.8 Å². The molecule has 3 amide bonds. The molecule has 2 N–H and O–H groups in total. The van der Waals surface area contributed by atoms with Crippen LogP contribution >= 0.6 is 0 Å². The molecule has 1 aliphatic rings. The Labute approximate surface area is 139 Å². The molecule has 132 valence electrons. The molecule has 0 saturated carbocycles. The molecule has 24 heavy (non-hydrogen) atoms. The normalized spacial score (nSPS) is 14.3. The molecule has 0 aromatic rings. The third kappa shape index (κ3) is 6.11. The van der Waals surface area contributed by atoms with E-state index in [0.717, 1.165) is 26.4 Å². The number of esters is 1. The highest BCUT2D eigenvalue weighted by Crippen LogP contribution is 2.16. The van der Waals surface area contributed by atoms with Gasteiger partial charge in [-0.3, -0.25) is 14.9 Å². The average molecular weight is 339 g/mol. The van der Waals surface area contributed by atoms with Crippen molar-refractivity contribution in [3.8, 4) is 0 Å². The zero-order valence-corrected chi connectivity index (χ0v) is 13.5. The average Bonchev–Trinajstić information content (AvgIpc) is 2.59. The first-order valence-corrected chi connectivity index (χ1v) is 7.28. The zero-order valence-electron chi connectivity index (χ0n) is 13.5. The van der Waals surface area contributed by atoms with Crippen LogP contribution in [0.1, 0.15) is 12.8 Å². The Bertz CT molecular complexity index is 537. The van der Waals surface area contributed by atoms with Gasteiger partial charge in [0.15, 0.2) is 0 Å². The van der Waals surface area contributed by atoms with E-state index in [1.54, 1.807) is 4.90 Å². The molecule has 0 radical (unpaired) electrons. The largest absolute Gasteiger partial charge is 0.464 e. The van der Waals surface area contributed by atoms with Crippen LogP contribution in [0.5, 0.6) is 0 Å². The molecule has 0 bridgehead atoms. The Morgan fingerprint density at radius 3 is 2.33 bits per heavy atom. The minimum Gasteiger partial charge on any atom is -0.464 e. The SMILES string of the molecule is C=C(NC(=O)OCC1CCN(C=O)CC1)C(=O)NC(=C)C(=O)OC. The maximum atomic E-state index is 11.7. The highest BCUT2D eigenvalue weighted by molar-refractivity contribution is 6.01. The van der Waals surface area contributed by atoms with E-state index < -0.39 is 18.0 Å². The molecule has 0 unspecified atom stereocenters. The molecule has 1 saturated heterocycles. The summed E-state index contributed by atoms with van der Waals surface area (Å²) in [6.07, 6.45) is 1.46. The summed E-state index contributed by atoms with van der Waals surface area (Å²) in [6.45, 7) is 8.14. The fourth-order valence-electron chi connectivity index (χ4n) is 2.02. The van der Waals surface area contributed by atoms with Gasteiger partial charge in [0.2, 0.25) is 6.41 Å². The molecule has 1 aliphatic heterocycles. The van der Waals surface area contributed by atoms with Gasteiger partial charge in [0.1, 0.15) is 11.4 Å². The molecule has 0 aromatic heterocycles. The first kappa shape index (κ1) is 19.2. The van der Waals surface area contributed by atoms with Crippen molar-refractivity contribution in [3.05, 3.63) is 24.6 Å². The molecule has 0 aliphatic carbocycles. The number of piperidine rings is 1. The highest BCUT2D eigenvalue weighted by Gasteiger charge is 2.20. The predicted molar refractivity (Wildman–Crippen MR) is 83.3 cm³/mol. The number of rotatable bonds is 7. The van der Waals surface area contributed by atoms with Crippen molar-refractivity contribution in [2.75, 3.05) is 26.8 Å². The van der Waals surface area contributed by atoms with Crippen molar-refractivity contribution in [3.63, 3.8) is 0 Å². The van der Waals surface area contributed by atoms with E-state index in [2.05, 4.69) is 28.5 Å². The van der Waals surface area contributed by atoms with Gasteiger partial charge in [0.25, 0.3) is 5.91 Å². The van der Waals surface area contributed by atoms with Gasteiger partial charge in [-0.15, -0.1) is 0 Å². The van der Waals surface area contributed by atoms with Crippen LogP contribution in [-0.4, -0.2) is 56.1 Å². The maximum Gasteiger partial charge on any atom is 0.411 e. The van der Waals surface area contributed by atoms with Crippen LogP contribution in [0.15, 0.2) is 24.6 Å². The van der Waals surface area contributed by atoms with E-state index >= 15 is 0 Å². The number of ether oxygens (including phenoxy) is 2. The fourth-order valence-corrected chi connectivity index (χ4v) is 2.02. The number of carbonyl (C=O) groups excluding carboxylic acids is 4. The Hall–Kier alpha value is -2.84. The third-order valence-corrected chi connectivity index (χ3v) is 3.47. The van der Waals surface area contributed by atoms with E-state index in [1.807, 2.05) is 0 Å². The lowest BCUT2D eigenvalue weighted by atomic mass is 9.98. The number of likely N-dealkylation sites (tertiary alicyclic amines) is 1. The second kappa shape index (κ2) is 9.33. The van der Waals surface area contributed by atoms with Crippen molar-refractivity contribution < 1.29 is 28.7 Å². The van der Waals surface area contributed by atoms with E-state index in [1.165, 1.54) is 0 Å². The fraction of sp³-hybridized carbons (Fsp3) is 0.467. The molecule has 9 heteroatoms. The summed E-state index contributed by atoms with van der Waals surface area (Å²) in [5, 5.41) is 4.31. The summed E-state index contributed by atoms with van der Waals surface area (Å²) in [5.41, 5.74) is -0.568. The van der Waals surface area contributed by atoms with Crippen LogP contribution < -0.4 is 10.6 Å². The quantitative estimate of drug-likeness (QED) is 0.380. The second-order valence-corrected chi connectivity index (χ2v) is 5.21. The lowest BCUT2D eigenvalue weighted by Gasteiger charge is -2.28. The van der Waals surface area contributed by atoms with E-state index in [9.17, 15) is 19.2 Å². The zero-order chi connectivity index (χ0) is 18.1. The molecule has 9 nitrogen and oxygen atoms in total. The van der Waals surface area contributed by atoms with Gasteiger partial charge < -0.3 is 19.7 Å². The van der Waals surface area contributed by atoms with Gasteiger partial charge >= 0.3 is 12.1 Å². The van der Waals surface area contributed by atoms with Gasteiger partial charge in [0.05, 0.1) is 13.7 Å². The van der Waals surface area contributed by atoms with Crippen molar-refractivity contribution in [1.82, 2.24) is 15.5 Å². The number of nitrogens with one attached hydrogen (secondary N) is 2. The predicted octanol–water partition coefficient (Wildman–Crippen LogP) is -0.102. The summed E-state index contributed by atoms with van der Waals surface area (Å²) < 4.78 is 9.41. The first-order chi connectivity index (χ1) is 11.4. The number of alkyl carbamates (subject to hydrolysis) is 1. The number of hydrogen-bond acceptors (Lipinski definition) is 6. The minimum atomic E-state index is -0.823. The molecular formula is C15H21N3O6. The topological polar surface area (TPSA) is 114 Å². The van der Waals surface area contributed by atoms with E-state index in [4.69, 9.17) is 4.74 Å². The van der Waals surface area contributed by atoms with E-state index in [-0.39, 0.29) is 23.9 Å². The van der Waals surface area contributed by atoms with Crippen molar-refractivity contribution in [2.45, 2.75) is 12.8 Å². The molecule has 1 heterocycles. The van der Waals surface area contributed by atoms with Crippen LogP contribution in [0.3, 0.4) is 0 Å². The van der Waals surface area contributed by atoms with Gasteiger partial charge in [0, 0.05) is 13.1 Å². The summed E-state index contributed by atoms with van der Waals surface area (Å²) in [7, 11) is 1.14. The van der Waals surface area contributed by atoms with Crippen LogP contribution in [0.25, 0.3) is 0 Å². The van der Waals surface area contributed by atoms with Crippen molar-refractivity contribution in [2.24, 2.45) is 5.92 Å². The lowest BCUT2D eigenvalue weighted by molar-refractivity contribution is -0.137. The molecule has 1 fully saturated rings. The summed E-state index contributed by atoms with van der Waals surface area (Å²) in [6, 6.07) is 0. The Kier molecular flexibility index (Phi) is 7.47. The Morgan fingerprint density at radius 2 is 1.79 bits per heavy atom. The van der Waals surface area contributed by atoms with E-state index in [0.29, 0.717) is 13.1 Å². The number of methoxy groups -OCH3 is 1. The van der Waals surface area contributed by atoms with Crippen molar-refractivity contribution in [1.29, 1.82) is 0 Å². The summed E-state index contributed by atoms with van der Waals surface area (Å²) in [5.74, 6) is -1.45. The number of amides is 3. The molecule has 1 rings (SSSR count). The highest BCUT2D eigenvalue weighted by atomic mass is 16.5. The van der Waals surface area contributed by atoms with Gasteiger partial charge in [-0.25, -0.2) is 9.59 Å². The maximum absolute atomic E-state index is 11.7. The summed E-state index contributed by atoms with van der Waals surface area (Å²) in [4.78, 5) is 46.7. The minimum absolute atomic E-state index is 0.160. The summed E-state index contributed by atoms with van der Waals surface area (Å²) >= 11 is 0. The van der Waals surface area contributed by atoms with Gasteiger partial charge in [-0.2, -0.15) is 0 Å². The van der Waals surface area contributed by atoms with Crippen LogP contribution in [0.2, 0.25) is 0 Å². The second-order valence-electron chi connectivity index (χ2n) is 5.21. The number of nitrogens with zero attached hydrogens (tertiary/aromatic N) is 1. The molecule has 0 spiro atoms. The first-order valence-electron chi connectivity index (χ1n) is 7.28. The Morgan fingerprint density at radius 1 is 1.17 bits per heavy atom. The molecular weight excluding hydrogens is 318 g/mol. The van der Waals surface area contributed by atoms with Crippen LogP contribution in [0, 0.1) is 5.92 Å². The third-order valence-electron chi connectivity index (χ3n) is 3.47.